The molecule has 0 heterocycles. The highest BCUT2D eigenvalue weighted by atomic mass is 16.5. The first-order valence-corrected chi connectivity index (χ1v) is 50.4. The van der Waals surface area contributed by atoms with Crippen molar-refractivity contribution in [2.24, 2.45) is 165 Å². The minimum atomic E-state index is -0.347. The maximum atomic E-state index is 10.8. The van der Waals surface area contributed by atoms with Gasteiger partial charge < -0.3 is 38.3 Å². The van der Waals surface area contributed by atoms with Crippen molar-refractivity contribution in [3.05, 3.63) is 109 Å². The van der Waals surface area contributed by atoms with E-state index in [2.05, 4.69) is 140 Å². The Morgan fingerprint density at radius 2 is 0.646 bits per heavy atom. The minimum Gasteiger partial charge on any atom is -0.466 e. The minimum absolute atomic E-state index is 0.200. The van der Waals surface area contributed by atoms with Crippen LogP contribution in [0.2, 0.25) is 0 Å². The molecular weight excluding hydrogens is 1590 g/mol. The molecule has 21 fully saturated rings. The maximum absolute atomic E-state index is 10.8. The van der Waals surface area contributed by atoms with Crippen molar-refractivity contribution in [2.75, 3.05) is 49.3 Å². The molecule has 0 aliphatic heterocycles. The fourth-order valence-electron chi connectivity index (χ4n) is 28.8. The molecule has 0 aromatic heterocycles. The van der Waals surface area contributed by atoms with Crippen LogP contribution in [0.1, 0.15) is 334 Å². The largest absolute Gasteiger partial charge is 0.466 e. The van der Waals surface area contributed by atoms with Gasteiger partial charge in [0.05, 0.1) is 54.9 Å². The molecule has 20 bridgehead atoms. The summed E-state index contributed by atoms with van der Waals surface area (Å²) in [5, 5.41) is 10.1. The lowest BCUT2D eigenvalue weighted by Crippen LogP contribution is -2.50. The predicted octanol–water partition coefficient (Wildman–Crippen LogP) is 26.5. The van der Waals surface area contributed by atoms with E-state index < -0.39 is 0 Å². The van der Waals surface area contributed by atoms with Crippen LogP contribution in [-0.4, -0.2) is 102 Å². The molecule has 0 amide bonds. The lowest BCUT2D eigenvalue weighted by molar-refractivity contribution is -0.139. The highest BCUT2D eigenvalue weighted by molar-refractivity contribution is 5.89. The van der Waals surface area contributed by atoms with E-state index in [4.69, 9.17) is 4.74 Å². The second-order valence-electron chi connectivity index (χ2n) is 44.3. The van der Waals surface area contributed by atoms with E-state index in [-0.39, 0.29) is 47.4 Å². The summed E-state index contributed by atoms with van der Waals surface area (Å²) in [6.07, 6.45) is 65.8. The first kappa shape index (κ1) is 108. The molecule has 0 saturated heterocycles. The van der Waals surface area contributed by atoms with Gasteiger partial charge in [0.15, 0.2) is 0 Å². The van der Waals surface area contributed by atoms with E-state index in [9.17, 15) is 38.7 Å². The van der Waals surface area contributed by atoms with Gasteiger partial charge in [0.2, 0.25) is 0 Å². The number of carbonyl (C=O) groups excluding carboxylic acids is 7. The predicted molar refractivity (Wildman–Crippen MR) is 515 cm³/mol. The van der Waals surface area contributed by atoms with E-state index in [0.717, 1.165) is 169 Å². The Kier molecular flexibility index (Phi) is 43.5. The lowest BCUT2D eigenvalue weighted by Gasteiger charge is -2.54. The topological polar surface area (TPSA) is 204 Å². The molecule has 23 aliphatic rings. The number of allylic oxidation sites excluding steroid dienone is 4. The van der Waals surface area contributed by atoms with E-state index >= 15 is 0 Å². The first-order valence-electron chi connectivity index (χ1n) is 50.4. The van der Waals surface area contributed by atoms with Crippen molar-refractivity contribution in [1.29, 1.82) is 0 Å². The van der Waals surface area contributed by atoms with Gasteiger partial charge in [-0.25, -0.2) is 33.6 Å². The highest BCUT2D eigenvalue weighted by Gasteiger charge is 2.57. The van der Waals surface area contributed by atoms with Crippen molar-refractivity contribution >= 4 is 41.8 Å². The van der Waals surface area contributed by atoms with Gasteiger partial charge in [-0.3, -0.25) is 0 Å². The van der Waals surface area contributed by atoms with E-state index in [0.29, 0.717) is 56.4 Å². The average Bonchev–Trinajstić information content (AvgIpc) is 1.63. The molecule has 21 saturated carbocycles. The van der Waals surface area contributed by atoms with Crippen molar-refractivity contribution in [3.63, 3.8) is 0 Å². The SMILES string of the molecule is C1=CC2C3CCC(C3)C2C1.C1=CC2C3CCC(C3)C2C1.C1CC2C3CCC(C3)C2C1.C=C(C)C(=O)OC.C=C(C)C(=O)OC.C=C(C)C(=O)OC.C=C(C)C(=O)OC.C=C(C)C(=O)OC.C=C(C)C(=O)OC.C=C(C)C(=O)OCCCCC.CC12CCC(CC1)C2(C)C.CC1C2CC3CC(C2)CC1C3.CCC1C2CC3CC(C2)CC1C3.OC12CC3CC(CC(C3)C1)C2. The number of esters is 7. The summed E-state index contributed by atoms with van der Waals surface area (Å²) >= 11 is 0. The van der Waals surface area contributed by atoms with E-state index in [1.165, 1.54) is 143 Å². The number of methoxy groups -OCH3 is 6. The van der Waals surface area contributed by atoms with Crippen LogP contribution in [0.5, 0.6) is 0 Å². The highest BCUT2D eigenvalue weighted by Crippen LogP contribution is 2.66. The molecular formula is C112H180O15. The number of rotatable bonds is 12. The zero-order valence-electron chi connectivity index (χ0n) is 83.5. The monoisotopic (exact) mass is 1770 g/mol. The third-order valence-electron chi connectivity index (χ3n) is 35.0. The quantitative estimate of drug-likeness (QED) is 0.0634. The molecule has 0 aromatic carbocycles. The number of carbonyl (C=O) groups is 7. The maximum Gasteiger partial charge on any atom is 0.333 e. The summed E-state index contributed by atoms with van der Waals surface area (Å²) in [4.78, 5) is 71.9. The molecule has 12 unspecified atom stereocenters. The van der Waals surface area contributed by atoms with Crippen LogP contribution in [0, 0.1) is 165 Å². The molecule has 23 rings (SSSR count). The number of hydrogen-bond donors (Lipinski definition) is 1. The molecule has 12 atom stereocenters. The smallest absolute Gasteiger partial charge is 0.333 e. The Balaban J connectivity index is 0.000000188. The number of ether oxygens (including phenoxy) is 7. The van der Waals surface area contributed by atoms with Crippen LogP contribution >= 0.6 is 0 Å². The summed E-state index contributed by atoms with van der Waals surface area (Å²) in [6, 6.07) is 0. The summed E-state index contributed by atoms with van der Waals surface area (Å²) in [5.41, 5.74) is 4.24. The fraction of sp³-hybridized carbons (Fsp3) is 0.777. The third-order valence-corrected chi connectivity index (χ3v) is 35.0. The van der Waals surface area contributed by atoms with E-state index in [1.54, 1.807) is 177 Å². The van der Waals surface area contributed by atoms with Gasteiger partial charge in [0, 0.05) is 39.0 Å². The van der Waals surface area contributed by atoms with E-state index in [1.807, 2.05) is 0 Å². The summed E-state index contributed by atoms with van der Waals surface area (Å²) < 4.78 is 30.5. The van der Waals surface area contributed by atoms with Crippen LogP contribution in [-0.2, 0) is 66.7 Å². The van der Waals surface area contributed by atoms with Gasteiger partial charge in [0.1, 0.15) is 0 Å². The summed E-state index contributed by atoms with van der Waals surface area (Å²) in [7, 11) is 7.98. The van der Waals surface area contributed by atoms with Crippen LogP contribution in [0.3, 0.4) is 0 Å². The number of fused-ring (bicyclic) bond motifs is 17. The molecule has 15 heteroatoms. The second kappa shape index (κ2) is 51.2. The second-order valence-corrected chi connectivity index (χ2v) is 44.3. The molecule has 127 heavy (non-hydrogen) atoms. The van der Waals surface area contributed by atoms with Gasteiger partial charge in [-0.05, 0) is 431 Å². The van der Waals surface area contributed by atoms with Gasteiger partial charge in [-0.2, -0.15) is 0 Å². The Bertz CT molecular complexity index is 3340. The van der Waals surface area contributed by atoms with Crippen LogP contribution in [0.25, 0.3) is 0 Å². The summed E-state index contributed by atoms with van der Waals surface area (Å²) in [5.74, 6) is 26.4. The van der Waals surface area contributed by atoms with Gasteiger partial charge in [0.25, 0.3) is 0 Å². The molecule has 0 radical (unpaired) electrons. The molecule has 1 N–H and O–H groups in total. The molecule has 15 nitrogen and oxygen atoms in total. The van der Waals surface area contributed by atoms with Crippen molar-refractivity contribution in [2.45, 2.75) is 340 Å². The Hall–Kier alpha value is -6.09. The Morgan fingerprint density at radius 3 is 0.890 bits per heavy atom. The zero-order chi connectivity index (χ0) is 93.9. The number of unbranched alkanes of at least 4 members (excludes halogenated alkanes) is 2. The van der Waals surface area contributed by atoms with Crippen molar-refractivity contribution < 1.29 is 71.8 Å². The molecule has 23 aliphatic carbocycles. The van der Waals surface area contributed by atoms with Gasteiger partial charge in [-0.1, -0.05) is 138 Å². The number of hydrogen-bond acceptors (Lipinski definition) is 15. The molecule has 0 aromatic rings. The molecule has 718 valence electrons. The van der Waals surface area contributed by atoms with Gasteiger partial charge in [-0.15, -0.1) is 0 Å². The van der Waals surface area contributed by atoms with Gasteiger partial charge >= 0.3 is 41.8 Å². The number of aliphatic hydroxyl groups is 1. The standard InChI is InChI=1S/C12H20.C11H18.C10H16O.C10H16.2C10H14.C10H18.C9H16O2.6C5H8O2/c1-2-12-10-4-8-3-9(6-10)7-11(12)5-8;1-7-10-3-8-2-9(5-10)6-11(7)4-8;11-10-4-7-1-8(5-10)3-9(2-7)6-10;3*1-2-9-7-4-5-8(6-7)10(9)3-1;1-9(2)8-4-6-10(9,3)7-5-8;1-4-5-6-7-11-9(10)8(2)3;6*1-4(2)5(6)7-3/h8-12H,2-7H2,1H3;7-11H,2-6H2,1H3;7-9,11H,1-6H2;7-10H,1-6H2;2*1-2,7-10H,3-6H2;8H,4-7H2,1-3H3;2,4-7H2,1,3H3;6*1H2,2-3H3. The Labute approximate surface area is 772 Å². The average molecular weight is 1770 g/mol. The first-order chi connectivity index (χ1) is 60.1. The molecule has 0 spiro atoms. The van der Waals surface area contributed by atoms with Crippen molar-refractivity contribution in [3.8, 4) is 0 Å². The lowest BCUT2D eigenvalue weighted by atomic mass is 9.51. The van der Waals surface area contributed by atoms with Crippen LogP contribution in [0.4, 0.5) is 0 Å². The van der Waals surface area contributed by atoms with Crippen LogP contribution in [0.15, 0.2) is 109 Å². The van der Waals surface area contributed by atoms with Crippen LogP contribution < -0.4 is 0 Å². The third kappa shape index (κ3) is 30.7. The normalized spacial score (nSPS) is 36.4. The summed E-state index contributed by atoms with van der Waals surface area (Å²) in [6.45, 7) is 49.8. The zero-order valence-corrected chi connectivity index (χ0v) is 83.5. The van der Waals surface area contributed by atoms with Crippen molar-refractivity contribution in [1.82, 2.24) is 0 Å². The fourth-order valence-corrected chi connectivity index (χ4v) is 28.8. The Morgan fingerprint density at radius 1 is 0.354 bits per heavy atom.